The maximum atomic E-state index is 12.5. The van der Waals surface area contributed by atoms with Crippen molar-refractivity contribution in [1.29, 1.82) is 0 Å². The van der Waals surface area contributed by atoms with Crippen LogP contribution in [0.3, 0.4) is 0 Å². The van der Waals surface area contributed by atoms with Crippen molar-refractivity contribution in [1.82, 2.24) is 5.32 Å². The molecular weight excluding hydrogens is 302 g/mol. The highest BCUT2D eigenvalue weighted by Gasteiger charge is 2.16. The van der Waals surface area contributed by atoms with Crippen molar-refractivity contribution in [3.63, 3.8) is 0 Å². The molecule has 0 aliphatic rings. The Balaban J connectivity index is 2.15. The summed E-state index contributed by atoms with van der Waals surface area (Å²) in [6.07, 6.45) is 0. The number of amides is 2. The van der Waals surface area contributed by atoms with E-state index in [1.54, 1.807) is 18.2 Å². The number of nitrogens with one attached hydrogen (secondary N) is 3. The highest BCUT2D eigenvalue weighted by Crippen LogP contribution is 2.21. The Labute approximate surface area is 142 Å². The van der Waals surface area contributed by atoms with Crippen LogP contribution in [0.1, 0.15) is 22.8 Å². The summed E-state index contributed by atoms with van der Waals surface area (Å²) in [6, 6.07) is 14.6. The van der Waals surface area contributed by atoms with Crippen molar-refractivity contribution < 1.29 is 9.59 Å². The molecule has 2 aromatic carbocycles. The zero-order chi connectivity index (χ0) is 17.5. The first kappa shape index (κ1) is 17.7. The summed E-state index contributed by atoms with van der Waals surface area (Å²) in [5, 5.41) is 8.74. The Morgan fingerprint density at radius 2 is 1.71 bits per heavy atom. The van der Waals surface area contributed by atoms with Crippen molar-refractivity contribution in [2.45, 2.75) is 13.8 Å². The number of carbonyl (C=O) groups is 2. The Morgan fingerprint density at radius 3 is 2.38 bits per heavy atom. The molecule has 0 saturated carbocycles. The summed E-state index contributed by atoms with van der Waals surface area (Å²) in [5.41, 5.74) is 2.68. The number of anilines is 2. The summed E-state index contributed by atoms with van der Waals surface area (Å²) >= 11 is 0. The third-order valence-electron chi connectivity index (χ3n) is 3.83. The number of hydrogen-bond acceptors (Lipinski definition) is 3. The number of carbonyl (C=O) groups excluding carboxylic acids is 2. The second-order valence-electron chi connectivity index (χ2n) is 5.75. The highest BCUT2D eigenvalue weighted by molar-refractivity contribution is 6.06. The maximum Gasteiger partial charge on any atom is 0.256 e. The van der Waals surface area contributed by atoms with Crippen molar-refractivity contribution in [3.8, 4) is 0 Å². The minimum atomic E-state index is -0.196. The Bertz CT molecular complexity index is 714. The second kappa shape index (κ2) is 8.26. The third kappa shape index (κ3) is 4.43. The van der Waals surface area contributed by atoms with Crippen LogP contribution in [0, 0.1) is 12.8 Å². The van der Waals surface area contributed by atoms with E-state index in [0.29, 0.717) is 17.8 Å². The summed E-state index contributed by atoms with van der Waals surface area (Å²) in [5.74, 6) is -0.428. The lowest BCUT2D eigenvalue weighted by atomic mass is 10.0. The average molecular weight is 325 g/mol. The maximum absolute atomic E-state index is 12.5. The van der Waals surface area contributed by atoms with Crippen molar-refractivity contribution in [2.24, 2.45) is 5.92 Å². The molecular formula is C19H23N3O2. The SMILES string of the molecule is CNCC(C)C(=O)Nc1cccc(C(=O)Nc2ccccc2)c1C. The molecule has 0 saturated heterocycles. The molecule has 1 atom stereocenters. The van der Waals surface area contributed by atoms with Gasteiger partial charge in [-0.15, -0.1) is 0 Å². The molecule has 5 heteroatoms. The molecule has 2 rings (SSSR count). The van der Waals surface area contributed by atoms with Crippen LogP contribution in [-0.2, 0) is 4.79 Å². The van der Waals surface area contributed by atoms with Gasteiger partial charge in [0.2, 0.25) is 5.91 Å². The van der Waals surface area contributed by atoms with Crippen LogP contribution in [0.25, 0.3) is 0 Å². The predicted molar refractivity (Wildman–Crippen MR) is 97.3 cm³/mol. The lowest BCUT2D eigenvalue weighted by molar-refractivity contribution is -0.119. The van der Waals surface area contributed by atoms with E-state index in [4.69, 9.17) is 0 Å². The van der Waals surface area contributed by atoms with Crippen LogP contribution in [0.2, 0.25) is 0 Å². The lowest BCUT2D eigenvalue weighted by Gasteiger charge is -2.15. The molecule has 126 valence electrons. The van der Waals surface area contributed by atoms with Crippen molar-refractivity contribution in [3.05, 3.63) is 59.7 Å². The summed E-state index contributed by atoms with van der Waals surface area (Å²) < 4.78 is 0. The fraction of sp³-hybridized carbons (Fsp3) is 0.263. The first-order valence-corrected chi connectivity index (χ1v) is 7.94. The quantitative estimate of drug-likeness (QED) is 0.764. The van der Waals surface area contributed by atoms with E-state index in [0.717, 1.165) is 11.3 Å². The van der Waals surface area contributed by atoms with Gasteiger partial charge in [-0.05, 0) is 43.8 Å². The molecule has 3 N–H and O–H groups in total. The monoisotopic (exact) mass is 325 g/mol. The van der Waals surface area contributed by atoms with Crippen molar-refractivity contribution >= 4 is 23.2 Å². The van der Waals surface area contributed by atoms with E-state index in [2.05, 4.69) is 16.0 Å². The normalized spacial score (nSPS) is 11.6. The van der Waals surface area contributed by atoms with Gasteiger partial charge in [-0.25, -0.2) is 0 Å². The molecule has 0 aliphatic heterocycles. The zero-order valence-electron chi connectivity index (χ0n) is 14.2. The second-order valence-corrected chi connectivity index (χ2v) is 5.75. The van der Waals surface area contributed by atoms with Crippen molar-refractivity contribution in [2.75, 3.05) is 24.2 Å². The number of benzene rings is 2. The Kier molecular flexibility index (Phi) is 6.09. The minimum Gasteiger partial charge on any atom is -0.326 e. The molecule has 0 heterocycles. The molecule has 2 aromatic rings. The van der Waals surface area contributed by atoms with Crippen LogP contribution in [0.4, 0.5) is 11.4 Å². The fourth-order valence-corrected chi connectivity index (χ4v) is 2.39. The fourth-order valence-electron chi connectivity index (χ4n) is 2.39. The van der Waals surface area contributed by atoms with Crippen LogP contribution < -0.4 is 16.0 Å². The van der Waals surface area contributed by atoms with Crippen LogP contribution in [0.15, 0.2) is 48.5 Å². The Hall–Kier alpha value is -2.66. The third-order valence-corrected chi connectivity index (χ3v) is 3.83. The summed E-state index contributed by atoms with van der Waals surface area (Å²) in [7, 11) is 1.81. The van der Waals surface area contributed by atoms with E-state index in [1.807, 2.05) is 51.2 Å². The number of para-hydroxylation sites is 1. The molecule has 5 nitrogen and oxygen atoms in total. The highest BCUT2D eigenvalue weighted by atomic mass is 16.2. The van der Waals surface area contributed by atoms with E-state index in [1.165, 1.54) is 0 Å². The summed E-state index contributed by atoms with van der Waals surface area (Å²) in [6.45, 7) is 4.28. The molecule has 0 aromatic heterocycles. The average Bonchev–Trinajstić information content (AvgIpc) is 2.57. The zero-order valence-corrected chi connectivity index (χ0v) is 14.2. The molecule has 0 radical (unpaired) electrons. The van der Waals surface area contributed by atoms with Gasteiger partial charge in [0.05, 0.1) is 0 Å². The van der Waals surface area contributed by atoms with Crippen LogP contribution in [0.5, 0.6) is 0 Å². The van der Waals surface area contributed by atoms with Gasteiger partial charge in [0.1, 0.15) is 0 Å². The molecule has 0 fully saturated rings. The van der Waals surface area contributed by atoms with Gasteiger partial charge in [-0.3, -0.25) is 9.59 Å². The van der Waals surface area contributed by atoms with E-state index in [-0.39, 0.29) is 17.7 Å². The molecule has 0 bridgehead atoms. The molecule has 0 spiro atoms. The van der Waals surface area contributed by atoms with Gasteiger partial charge in [-0.2, -0.15) is 0 Å². The standard InChI is InChI=1S/C19H23N3O2/c1-13(12-20-3)18(23)22-17-11-7-10-16(14(17)2)19(24)21-15-8-5-4-6-9-15/h4-11,13,20H,12H2,1-3H3,(H,21,24)(H,22,23). The lowest BCUT2D eigenvalue weighted by Crippen LogP contribution is -2.29. The van der Waals surface area contributed by atoms with E-state index in [9.17, 15) is 9.59 Å². The van der Waals surface area contributed by atoms with Gasteiger partial charge < -0.3 is 16.0 Å². The largest absolute Gasteiger partial charge is 0.326 e. The Morgan fingerprint density at radius 1 is 1.00 bits per heavy atom. The number of rotatable bonds is 6. The minimum absolute atomic E-state index is 0.0759. The topological polar surface area (TPSA) is 70.2 Å². The van der Waals surface area contributed by atoms with Crippen LogP contribution in [-0.4, -0.2) is 25.4 Å². The first-order valence-electron chi connectivity index (χ1n) is 7.94. The predicted octanol–water partition coefficient (Wildman–Crippen LogP) is 3.04. The first-order chi connectivity index (χ1) is 11.5. The number of hydrogen-bond donors (Lipinski definition) is 3. The molecule has 2 amide bonds. The molecule has 24 heavy (non-hydrogen) atoms. The summed E-state index contributed by atoms with van der Waals surface area (Å²) in [4.78, 5) is 24.7. The van der Waals surface area contributed by atoms with E-state index < -0.39 is 0 Å². The van der Waals surface area contributed by atoms with Gasteiger partial charge in [0, 0.05) is 29.4 Å². The smallest absolute Gasteiger partial charge is 0.256 e. The van der Waals surface area contributed by atoms with Gasteiger partial charge in [0.25, 0.3) is 5.91 Å². The van der Waals surface area contributed by atoms with Gasteiger partial charge in [-0.1, -0.05) is 31.2 Å². The molecule has 0 aliphatic carbocycles. The molecule has 1 unspecified atom stereocenters. The van der Waals surface area contributed by atoms with Crippen LogP contribution >= 0.6 is 0 Å². The van der Waals surface area contributed by atoms with Gasteiger partial charge in [0.15, 0.2) is 0 Å². The van der Waals surface area contributed by atoms with E-state index >= 15 is 0 Å². The van der Waals surface area contributed by atoms with Gasteiger partial charge >= 0.3 is 0 Å².